The third kappa shape index (κ3) is 3.33. The minimum Gasteiger partial charge on any atom is -0.391 e. The molecule has 1 aromatic rings. The molecule has 1 aromatic carbocycles. The third-order valence-corrected chi connectivity index (χ3v) is 3.52. The Bertz CT molecular complexity index is 397. The van der Waals surface area contributed by atoms with Crippen LogP contribution in [0.3, 0.4) is 0 Å². The summed E-state index contributed by atoms with van der Waals surface area (Å²) in [6.07, 6.45) is 5.84. The fourth-order valence-corrected chi connectivity index (χ4v) is 2.31. The van der Waals surface area contributed by atoms with Crippen LogP contribution >= 0.6 is 0 Å². The Morgan fingerprint density at radius 2 is 1.83 bits per heavy atom. The number of hydrogen-bond donors (Lipinski definition) is 1. The first-order valence-electron chi connectivity index (χ1n) is 6.65. The van der Waals surface area contributed by atoms with Gasteiger partial charge in [0.15, 0.2) is 0 Å². The van der Waals surface area contributed by atoms with Crippen LogP contribution in [0.5, 0.6) is 0 Å². The summed E-state index contributed by atoms with van der Waals surface area (Å²) in [4.78, 5) is 6.60. The molecule has 1 aliphatic rings. The number of aliphatic hydroxyl groups excluding tert-OH is 1. The van der Waals surface area contributed by atoms with Gasteiger partial charge in [0, 0.05) is 26.0 Å². The first-order valence-corrected chi connectivity index (χ1v) is 6.65. The van der Waals surface area contributed by atoms with Crippen molar-refractivity contribution in [3.8, 4) is 0 Å². The molecule has 18 heavy (non-hydrogen) atoms. The van der Waals surface area contributed by atoms with E-state index >= 15 is 0 Å². The minimum atomic E-state index is -0.254. The van der Waals surface area contributed by atoms with Crippen LogP contribution in [0, 0.1) is 0 Å². The lowest BCUT2D eigenvalue weighted by molar-refractivity contribution is 0.110. The topological polar surface area (TPSA) is 35.8 Å². The number of aliphatic imine (C=N–C) groups is 1. The third-order valence-electron chi connectivity index (χ3n) is 3.52. The molecule has 0 heterocycles. The molecule has 1 saturated carbocycles. The van der Waals surface area contributed by atoms with Crippen molar-refractivity contribution in [2.75, 3.05) is 19.0 Å². The van der Waals surface area contributed by atoms with Crippen LogP contribution < -0.4 is 4.90 Å². The molecule has 0 spiro atoms. The molecule has 1 aliphatic carbocycles. The Hall–Kier alpha value is -1.35. The van der Waals surface area contributed by atoms with Gasteiger partial charge in [-0.15, -0.1) is 0 Å². The number of anilines is 1. The second-order valence-electron chi connectivity index (χ2n) is 5.18. The Labute approximate surface area is 109 Å². The predicted octanol–water partition coefficient (Wildman–Crippen LogP) is 2.48. The van der Waals surface area contributed by atoms with Crippen molar-refractivity contribution in [3.63, 3.8) is 0 Å². The van der Waals surface area contributed by atoms with Gasteiger partial charge in [0.2, 0.25) is 0 Å². The second kappa shape index (κ2) is 6.01. The fraction of sp³-hybridized carbons (Fsp3) is 0.533. The SMILES string of the molecule is CN(C)c1ccc(C=N[C@H]2CCCC[C@H]2O)cc1. The lowest BCUT2D eigenvalue weighted by Crippen LogP contribution is -2.28. The molecule has 2 atom stereocenters. The maximum absolute atomic E-state index is 9.84. The van der Waals surface area contributed by atoms with Gasteiger partial charge < -0.3 is 10.0 Å². The van der Waals surface area contributed by atoms with Gasteiger partial charge in [-0.25, -0.2) is 0 Å². The van der Waals surface area contributed by atoms with Crippen molar-refractivity contribution in [2.24, 2.45) is 4.99 Å². The standard InChI is InChI=1S/C15H22N2O/c1-17(2)13-9-7-12(8-10-13)11-16-14-5-3-4-6-15(14)18/h7-11,14-15,18H,3-6H2,1-2H3/t14-,15+/m0/s1. The molecule has 0 aliphatic heterocycles. The van der Waals surface area contributed by atoms with E-state index in [9.17, 15) is 5.11 Å². The average Bonchev–Trinajstić information content (AvgIpc) is 2.38. The highest BCUT2D eigenvalue weighted by Gasteiger charge is 2.21. The zero-order chi connectivity index (χ0) is 13.0. The van der Waals surface area contributed by atoms with Crippen LogP contribution in [-0.2, 0) is 0 Å². The number of benzene rings is 1. The van der Waals surface area contributed by atoms with Crippen LogP contribution in [0.1, 0.15) is 31.2 Å². The first kappa shape index (κ1) is 13.1. The molecule has 98 valence electrons. The van der Waals surface area contributed by atoms with Crippen molar-refractivity contribution in [3.05, 3.63) is 29.8 Å². The van der Waals surface area contributed by atoms with Crippen LogP contribution in [0.25, 0.3) is 0 Å². The number of hydrogen-bond acceptors (Lipinski definition) is 3. The largest absolute Gasteiger partial charge is 0.391 e. The molecule has 3 heteroatoms. The summed E-state index contributed by atoms with van der Waals surface area (Å²) in [5.74, 6) is 0. The summed E-state index contributed by atoms with van der Waals surface area (Å²) in [5, 5.41) is 9.84. The lowest BCUT2D eigenvalue weighted by atomic mass is 9.93. The molecule has 0 radical (unpaired) electrons. The summed E-state index contributed by atoms with van der Waals surface area (Å²) in [6.45, 7) is 0. The predicted molar refractivity (Wildman–Crippen MR) is 76.6 cm³/mol. The van der Waals surface area contributed by atoms with E-state index in [-0.39, 0.29) is 12.1 Å². The quantitative estimate of drug-likeness (QED) is 0.832. The van der Waals surface area contributed by atoms with E-state index in [0.29, 0.717) is 0 Å². The summed E-state index contributed by atoms with van der Waals surface area (Å²) >= 11 is 0. The van der Waals surface area contributed by atoms with E-state index in [4.69, 9.17) is 0 Å². The van der Waals surface area contributed by atoms with Crippen LogP contribution in [0.15, 0.2) is 29.3 Å². The molecule has 1 N–H and O–H groups in total. The van der Waals surface area contributed by atoms with E-state index in [2.05, 4.69) is 34.2 Å². The fourth-order valence-electron chi connectivity index (χ4n) is 2.31. The molecule has 1 fully saturated rings. The lowest BCUT2D eigenvalue weighted by Gasteiger charge is -2.23. The minimum absolute atomic E-state index is 0.0901. The summed E-state index contributed by atoms with van der Waals surface area (Å²) in [7, 11) is 4.06. The zero-order valence-corrected chi connectivity index (χ0v) is 11.2. The highest BCUT2D eigenvalue weighted by atomic mass is 16.3. The molecule has 0 bridgehead atoms. The Morgan fingerprint density at radius 3 is 2.44 bits per heavy atom. The molecular weight excluding hydrogens is 224 g/mol. The summed E-state index contributed by atoms with van der Waals surface area (Å²) in [6, 6.07) is 8.38. The molecule has 0 saturated heterocycles. The number of rotatable bonds is 3. The Balaban J connectivity index is 1.99. The van der Waals surface area contributed by atoms with Gasteiger partial charge in [-0.2, -0.15) is 0 Å². The molecule has 0 aromatic heterocycles. The maximum Gasteiger partial charge on any atom is 0.0763 e. The van der Waals surface area contributed by atoms with Crippen LogP contribution in [0.4, 0.5) is 5.69 Å². The van der Waals surface area contributed by atoms with Crippen molar-refractivity contribution in [2.45, 2.75) is 37.8 Å². The molecule has 3 nitrogen and oxygen atoms in total. The molecule has 2 rings (SSSR count). The summed E-state index contributed by atoms with van der Waals surface area (Å²) in [5.41, 5.74) is 2.28. The van der Waals surface area contributed by atoms with Crippen LogP contribution in [0.2, 0.25) is 0 Å². The second-order valence-corrected chi connectivity index (χ2v) is 5.18. The number of nitrogens with zero attached hydrogens (tertiary/aromatic N) is 2. The van der Waals surface area contributed by atoms with E-state index < -0.39 is 0 Å². The molecule has 0 amide bonds. The van der Waals surface area contributed by atoms with Gasteiger partial charge in [0.25, 0.3) is 0 Å². The Morgan fingerprint density at radius 1 is 1.17 bits per heavy atom. The van der Waals surface area contributed by atoms with Crippen molar-refractivity contribution in [1.29, 1.82) is 0 Å². The van der Waals surface area contributed by atoms with Gasteiger partial charge in [-0.05, 0) is 30.5 Å². The monoisotopic (exact) mass is 246 g/mol. The normalized spacial score (nSPS) is 24.4. The van der Waals surface area contributed by atoms with Gasteiger partial charge >= 0.3 is 0 Å². The Kier molecular flexibility index (Phi) is 4.37. The van der Waals surface area contributed by atoms with Crippen LogP contribution in [-0.4, -0.2) is 37.6 Å². The van der Waals surface area contributed by atoms with Gasteiger partial charge in [0.05, 0.1) is 12.1 Å². The smallest absolute Gasteiger partial charge is 0.0763 e. The van der Waals surface area contributed by atoms with E-state index in [1.165, 1.54) is 12.1 Å². The zero-order valence-electron chi connectivity index (χ0n) is 11.2. The maximum atomic E-state index is 9.84. The van der Waals surface area contributed by atoms with Gasteiger partial charge in [-0.3, -0.25) is 4.99 Å². The van der Waals surface area contributed by atoms with Crippen molar-refractivity contribution >= 4 is 11.9 Å². The number of aliphatic hydroxyl groups is 1. The van der Waals surface area contributed by atoms with Gasteiger partial charge in [0.1, 0.15) is 0 Å². The van der Waals surface area contributed by atoms with E-state index in [0.717, 1.165) is 24.8 Å². The highest BCUT2D eigenvalue weighted by Crippen LogP contribution is 2.21. The average molecular weight is 246 g/mol. The van der Waals surface area contributed by atoms with E-state index in [1.54, 1.807) is 0 Å². The van der Waals surface area contributed by atoms with E-state index in [1.807, 2.05) is 20.3 Å². The highest BCUT2D eigenvalue weighted by molar-refractivity contribution is 5.80. The molecular formula is C15H22N2O. The summed E-state index contributed by atoms with van der Waals surface area (Å²) < 4.78 is 0. The van der Waals surface area contributed by atoms with Gasteiger partial charge in [-0.1, -0.05) is 25.0 Å². The first-order chi connectivity index (χ1) is 8.66. The van der Waals surface area contributed by atoms with Crippen molar-refractivity contribution < 1.29 is 5.11 Å². The molecule has 0 unspecified atom stereocenters. The van der Waals surface area contributed by atoms with Crippen molar-refractivity contribution in [1.82, 2.24) is 0 Å².